The molecule has 2 N–H and O–H groups in total. The van der Waals surface area contributed by atoms with E-state index in [2.05, 4.69) is 0 Å². The standard InChI is InChI=1S/C8H15F2NO/c1-8(9,10)5-2-3-7(12)4-6-11/h2-6,11H2,1H3. The topological polar surface area (TPSA) is 43.1 Å². The molecule has 0 atom stereocenters. The van der Waals surface area contributed by atoms with Crippen molar-refractivity contribution in [2.75, 3.05) is 6.54 Å². The quantitative estimate of drug-likeness (QED) is 0.674. The SMILES string of the molecule is CC(F)(F)CCCC(=O)CCN. The number of alkyl halides is 2. The van der Waals surface area contributed by atoms with Gasteiger partial charge >= 0.3 is 0 Å². The van der Waals surface area contributed by atoms with Crippen LogP contribution in [0, 0.1) is 0 Å². The molecule has 2 nitrogen and oxygen atoms in total. The molecule has 0 rings (SSSR count). The smallest absolute Gasteiger partial charge is 0.245 e. The maximum absolute atomic E-state index is 12.2. The van der Waals surface area contributed by atoms with Crippen molar-refractivity contribution in [3.63, 3.8) is 0 Å². The minimum Gasteiger partial charge on any atom is -0.330 e. The molecule has 0 spiro atoms. The van der Waals surface area contributed by atoms with Crippen molar-refractivity contribution in [1.29, 1.82) is 0 Å². The largest absolute Gasteiger partial charge is 0.330 e. The predicted molar refractivity (Wildman–Crippen MR) is 43.2 cm³/mol. The lowest BCUT2D eigenvalue weighted by atomic mass is 10.1. The second-order valence-corrected chi connectivity index (χ2v) is 3.00. The highest BCUT2D eigenvalue weighted by molar-refractivity contribution is 5.78. The van der Waals surface area contributed by atoms with Crippen molar-refractivity contribution in [3.05, 3.63) is 0 Å². The van der Waals surface area contributed by atoms with Gasteiger partial charge in [0.1, 0.15) is 5.78 Å². The molecule has 0 aromatic rings. The van der Waals surface area contributed by atoms with Gasteiger partial charge in [0.2, 0.25) is 5.92 Å². The number of carbonyl (C=O) groups excluding carboxylic acids is 1. The van der Waals surface area contributed by atoms with Crippen LogP contribution < -0.4 is 5.73 Å². The van der Waals surface area contributed by atoms with Crippen LogP contribution in [0.25, 0.3) is 0 Å². The molecule has 0 saturated carbocycles. The minimum absolute atomic E-state index is 0.0262. The van der Waals surface area contributed by atoms with Gasteiger partial charge in [0.25, 0.3) is 0 Å². The lowest BCUT2D eigenvalue weighted by molar-refractivity contribution is -0.119. The number of hydrogen-bond donors (Lipinski definition) is 1. The van der Waals surface area contributed by atoms with Crippen molar-refractivity contribution in [2.24, 2.45) is 5.73 Å². The zero-order chi connectivity index (χ0) is 9.61. The number of rotatable bonds is 6. The molecule has 0 aliphatic rings. The van der Waals surface area contributed by atoms with E-state index in [9.17, 15) is 13.6 Å². The highest BCUT2D eigenvalue weighted by Crippen LogP contribution is 2.19. The number of Topliss-reactive ketones (excluding diaryl/α,β-unsaturated/α-hetero) is 1. The van der Waals surface area contributed by atoms with Crippen LogP contribution in [0.4, 0.5) is 8.78 Å². The Hall–Kier alpha value is -0.510. The van der Waals surface area contributed by atoms with Gasteiger partial charge in [0.15, 0.2) is 0 Å². The predicted octanol–water partition coefficient (Wildman–Crippen LogP) is 1.73. The molecule has 0 heterocycles. The van der Waals surface area contributed by atoms with Crippen molar-refractivity contribution >= 4 is 5.78 Å². The van der Waals surface area contributed by atoms with Gasteiger partial charge in [-0.25, -0.2) is 8.78 Å². The molecule has 0 fully saturated rings. The van der Waals surface area contributed by atoms with Crippen LogP contribution in [0.2, 0.25) is 0 Å². The number of halogens is 2. The van der Waals surface area contributed by atoms with Crippen LogP contribution in [0.1, 0.15) is 32.6 Å². The summed E-state index contributed by atoms with van der Waals surface area (Å²) in [7, 11) is 0. The molecule has 72 valence electrons. The Kier molecular flexibility index (Phi) is 4.97. The fraction of sp³-hybridized carbons (Fsp3) is 0.875. The summed E-state index contributed by atoms with van der Waals surface area (Å²) in [5.74, 6) is -2.68. The molecule has 0 amide bonds. The monoisotopic (exact) mass is 179 g/mol. The van der Waals surface area contributed by atoms with E-state index >= 15 is 0 Å². The fourth-order valence-corrected chi connectivity index (χ4v) is 0.882. The van der Waals surface area contributed by atoms with Gasteiger partial charge in [-0.05, 0) is 19.9 Å². The molecular formula is C8H15F2NO. The first kappa shape index (κ1) is 11.5. The first-order valence-electron chi connectivity index (χ1n) is 4.05. The van der Waals surface area contributed by atoms with Crippen LogP contribution in [-0.2, 0) is 4.79 Å². The molecule has 0 saturated heterocycles. The van der Waals surface area contributed by atoms with Gasteiger partial charge in [-0.3, -0.25) is 4.79 Å². The summed E-state index contributed by atoms with van der Waals surface area (Å²) in [6.45, 7) is 1.17. The normalized spacial score (nSPS) is 11.7. The first-order valence-corrected chi connectivity index (χ1v) is 4.05. The molecular weight excluding hydrogens is 164 g/mol. The van der Waals surface area contributed by atoms with Gasteiger partial charge in [0, 0.05) is 19.3 Å². The van der Waals surface area contributed by atoms with Crippen LogP contribution in [-0.4, -0.2) is 18.3 Å². The molecule has 0 aromatic heterocycles. The minimum atomic E-state index is -2.65. The Labute approximate surface area is 71.1 Å². The Morgan fingerprint density at radius 1 is 1.42 bits per heavy atom. The van der Waals surface area contributed by atoms with Crippen molar-refractivity contribution in [1.82, 2.24) is 0 Å². The van der Waals surface area contributed by atoms with E-state index in [1.807, 2.05) is 0 Å². The number of ketones is 1. The molecule has 12 heavy (non-hydrogen) atoms. The van der Waals surface area contributed by atoms with Crippen LogP contribution in [0.5, 0.6) is 0 Å². The van der Waals surface area contributed by atoms with Gasteiger partial charge in [-0.2, -0.15) is 0 Å². The summed E-state index contributed by atoms with van der Waals surface area (Å²) >= 11 is 0. The van der Waals surface area contributed by atoms with Crippen molar-refractivity contribution < 1.29 is 13.6 Å². The highest BCUT2D eigenvalue weighted by atomic mass is 19.3. The lowest BCUT2D eigenvalue weighted by Crippen LogP contribution is -2.12. The van der Waals surface area contributed by atoms with Crippen LogP contribution in [0.3, 0.4) is 0 Å². The summed E-state index contributed by atoms with van der Waals surface area (Å²) in [5, 5.41) is 0. The lowest BCUT2D eigenvalue weighted by Gasteiger charge is -2.08. The number of nitrogens with two attached hydrogens (primary N) is 1. The second kappa shape index (κ2) is 5.19. The van der Waals surface area contributed by atoms with E-state index < -0.39 is 5.92 Å². The zero-order valence-electron chi connectivity index (χ0n) is 7.28. The highest BCUT2D eigenvalue weighted by Gasteiger charge is 2.20. The van der Waals surface area contributed by atoms with E-state index in [1.54, 1.807) is 0 Å². The summed E-state index contributed by atoms with van der Waals surface area (Å²) in [6, 6.07) is 0. The fourth-order valence-electron chi connectivity index (χ4n) is 0.882. The third-order valence-electron chi connectivity index (χ3n) is 1.49. The summed E-state index contributed by atoms with van der Waals surface area (Å²) in [4.78, 5) is 10.8. The molecule has 0 aliphatic heterocycles. The molecule has 0 bridgehead atoms. The van der Waals surface area contributed by atoms with Gasteiger partial charge < -0.3 is 5.73 Å². The first-order chi connectivity index (χ1) is 5.45. The van der Waals surface area contributed by atoms with E-state index in [4.69, 9.17) is 5.73 Å². The Balaban J connectivity index is 3.37. The Morgan fingerprint density at radius 2 is 2.00 bits per heavy atom. The molecule has 0 aliphatic carbocycles. The maximum atomic E-state index is 12.2. The second-order valence-electron chi connectivity index (χ2n) is 3.00. The van der Waals surface area contributed by atoms with E-state index in [0.29, 0.717) is 13.0 Å². The van der Waals surface area contributed by atoms with Gasteiger partial charge in [-0.1, -0.05) is 0 Å². The van der Waals surface area contributed by atoms with Crippen molar-refractivity contribution in [2.45, 2.75) is 38.5 Å². The average Bonchev–Trinajstić information content (AvgIpc) is 1.84. The van der Waals surface area contributed by atoms with E-state index in [-0.39, 0.29) is 25.0 Å². The molecule has 0 unspecified atom stereocenters. The van der Waals surface area contributed by atoms with E-state index in [1.165, 1.54) is 0 Å². The third kappa shape index (κ3) is 7.60. The summed E-state index contributed by atoms with van der Waals surface area (Å²) in [6.07, 6.45) is 0.557. The summed E-state index contributed by atoms with van der Waals surface area (Å²) in [5.41, 5.74) is 5.12. The number of hydrogen-bond acceptors (Lipinski definition) is 2. The number of carbonyl (C=O) groups is 1. The van der Waals surface area contributed by atoms with Crippen LogP contribution >= 0.6 is 0 Å². The Bertz CT molecular complexity index is 142. The maximum Gasteiger partial charge on any atom is 0.245 e. The average molecular weight is 179 g/mol. The van der Waals surface area contributed by atoms with Crippen molar-refractivity contribution in [3.8, 4) is 0 Å². The van der Waals surface area contributed by atoms with Gasteiger partial charge in [-0.15, -0.1) is 0 Å². The van der Waals surface area contributed by atoms with E-state index in [0.717, 1.165) is 6.92 Å². The van der Waals surface area contributed by atoms with Crippen LogP contribution in [0.15, 0.2) is 0 Å². The Morgan fingerprint density at radius 3 is 2.42 bits per heavy atom. The molecule has 0 aromatic carbocycles. The third-order valence-corrected chi connectivity index (χ3v) is 1.49. The molecule has 0 radical (unpaired) electrons. The van der Waals surface area contributed by atoms with Gasteiger partial charge in [0.05, 0.1) is 0 Å². The molecule has 4 heteroatoms. The summed E-state index contributed by atoms with van der Waals surface area (Å²) < 4.78 is 24.4. The zero-order valence-corrected chi connectivity index (χ0v) is 7.28.